The number of carboxylic acid groups (broad SMARTS) is 1. The molecular formula is C51H85N3O39. The smallest absolute Gasteiger partial charge is 0.364 e. The molecule has 0 radical (unpaired) electrons. The Bertz CT molecular complexity index is 2420. The first kappa shape index (κ1) is 76.9. The van der Waals surface area contributed by atoms with Crippen LogP contribution in [0.5, 0.6) is 0 Å². The summed E-state index contributed by atoms with van der Waals surface area (Å²) < 4.78 is 74.5. The number of carbonyl (C=O) groups is 4. The van der Waals surface area contributed by atoms with E-state index in [9.17, 15) is 132 Å². The fraction of sp³-hybridized carbons (Fsp3) is 0.922. The summed E-state index contributed by atoms with van der Waals surface area (Å²) in [5.74, 6) is -8.04. The topological polar surface area (TPSA) is 669 Å². The maximum Gasteiger partial charge on any atom is 0.364 e. The van der Waals surface area contributed by atoms with Crippen LogP contribution < -0.4 is 16.0 Å². The zero-order valence-electron chi connectivity index (χ0n) is 49.6. The molecule has 7 aliphatic rings. The zero-order chi connectivity index (χ0) is 69.0. The van der Waals surface area contributed by atoms with Gasteiger partial charge in [-0.25, -0.2) is 4.79 Å². The lowest BCUT2D eigenvalue weighted by Gasteiger charge is -2.51. The van der Waals surface area contributed by atoms with E-state index in [0.717, 1.165) is 20.8 Å². The van der Waals surface area contributed by atoms with E-state index < -0.39 is 297 Å². The summed E-state index contributed by atoms with van der Waals surface area (Å²) in [6.07, 6.45) is -67.1. The fourth-order valence-electron chi connectivity index (χ4n) is 11.9. The highest BCUT2D eigenvalue weighted by atomic mass is 16.8. The average Bonchev–Trinajstić information content (AvgIpc) is 0.771. The van der Waals surface area contributed by atoms with Crippen LogP contribution in [0.25, 0.3) is 0 Å². The highest BCUT2D eigenvalue weighted by Gasteiger charge is 2.62. The van der Waals surface area contributed by atoms with Gasteiger partial charge in [0, 0.05) is 27.2 Å². The summed E-state index contributed by atoms with van der Waals surface area (Å²) in [6, 6.07) is -5.50. The molecule has 7 rings (SSSR count). The number of aliphatic hydroxyl groups is 21. The van der Waals surface area contributed by atoms with Gasteiger partial charge >= 0.3 is 5.97 Å². The number of hydrogen-bond acceptors (Lipinski definition) is 38. The van der Waals surface area contributed by atoms with Crippen molar-refractivity contribution in [3.63, 3.8) is 0 Å². The molecule has 7 aliphatic heterocycles. The van der Waals surface area contributed by atoms with Crippen LogP contribution in [0.2, 0.25) is 0 Å². The first-order valence-corrected chi connectivity index (χ1v) is 29.3. The number of amides is 3. The zero-order valence-corrected chi connectivity index (χ0v) is 49.6. The van der Waals surface area contributed by atoms with Crippen LogP contribution in [0.1, 0.15) is 27.2 Å². The van der Waals surface area contributed by atoms with E-state index in [2.05, 4.69) is 16.0 Å². The highest BCUT2D eigenvalue weighted by Crippen LogP contribution is 2.41. The highest BCUT2D eigenvalue weighted by molar-refractivity contribution is 5.77. The van der Waals surface area contributed by atoms with Gasteiger partial charge in [-0.3, -0.25) is 14.4 Å². The second-order valence-electron chi connectivity index (χ2n) is 23.2. The summed E-state index contributed by atoms with van der Waals surface area (Å²) in [7, 11) is 0. The normalized spacial score (nSPS) is 47.2. The standard InChI is InChI=1S/C51H85N3O39/c1-12(62)52-23-15(65)4-51(50(79)80,92-40(23)26(67)16(66)5-55)93-43-29(70)19(8-58)84-49(36(43)77)88-38-22(11-61)86-46(25(31(38)72)54-14(3)64)90-41-27(68)17(6-56)82-47(34(41)75)87-37-21(10-60)85-45(24(30(37)71)53-13(2)63)91-42-28(69)18(7-57)83-48(35(42)76)89-39-20(9-59)81-44(78)33(74)32(39)73/h15-49,55-61,65-78H,4-11H2,1-3H3,(H,52,62)(H,53,63)(H,54,64)(H,79,80)/t15-,16+,17+,18+,19+,20+,21+,22+,23+,24+,25+,26+,27-,28-,29-,30+,31+,32+,33+,34+,35+,36+,37+,38+,39+,40+,41-,42-,43-,44+,45-,46-,47-,48-,49-,51-/m0/s1. The number of aliphatic carboxylic acids is 1. The molecule has 42 heteroatoms. The Morgan fingerprint density at radius 2 is 0.753 bits per heavy atom. The average molecular weight is 1360 g/mol. The molecule has 0 spiro atoms. The van der Waals surface area contributed by atoms with E-state index in [4.69, 9.17) is 61.6 Å². The van der Waals surface area contributed by atoms with Crippen molar-refractivity contribution in [1.82, 2.24) is 16.0 Å². The molecule has 0 aromatic rings. The van der Waals surface area contributed by atoms with Gasteiger partial charge in [-0.15, -0.1) is 0 Å². The van der Waals surface area contributed by atoms with Gasteiger partial charge in [0.1, 0.15) is 165 Å². The molecule has 0 aliphatic carbocycles. The van der Waals surface area contributed by atoms with E-state index in [1.165, 1.54) is 0 Å². The molecule has 93 heavy (non-hydrogen) atoms. The number of rotatable bonds is 25. The molecule has 7 fully saturated rings. The molecule has 0 unspecified atom stereocenters. The largest absolute Gasteiger partial charge is 0.477 e. The SMILES string of the molecule is CC(=O)N[C@H]1[C@H](O[C@H]2[C@@H](O)[C@@H](CO)O[C@@H](O[C@H]3[C@H](O)[C@@H](O)[C@H](O)O[C@@H]3CO)[C@@H]2O)O[C@H](CO)[C@@H](O[C@@H]2O[C@H](CO)[C@H](O)[C@H](O[C@@H]3O[C@H](CO)[C@@H](O[C@@H]4O[C@H](CO)[C@H](O)[C@H](O[C@]5(C(=O)O)C[C@H](O)[C@@H](NC(C)=O)[C@H]([C@H](O)[C@H](O)CO)O5)[C@H]4O)[C@H](O)[C@H]3NC(C)=O)[C@H]2O)[C@@H]1O. The Kier molecular flexibility index (Phi) is 27.2. The van der Waals surface area contributed by atoms with E-state index in [1.54, 1.807) is 0 Å². The van der Waals surface area contributed by atoms with Gasteiger partial charge in [0.05, 0.1) is 58.4 Å². The molecule has 3 amide bonds. The number of carbonyl (C=O) groups excluding carboxylic acids is 3. The first-order valence-electron chi connectivity index (χ1n) is 29.3. The minimum Gasteiger partial charge on any atom is -0.477 e. The Hall–Kier alpha value is -3.48. The molecule has 25 N–H and O–H groups in total. The van der Waals surface area contributed by atoms with Crippen molar-refractivity contribution in [2.75, 3.05) is 46.2 Å². The van der Waals surface area contributed by atoms with Crippen molar-refractivity contribution >= 4 is 23.7 Å². The lowest BCUT2D eigenvalue weighted by molar-refractivity contribution is -0.391. The summed E-state index contributed by atoms with van der Waals surface area (Å²) in [5.41, 5.74) is 0. The third-order valence-corrected chi connectivity index (χ3v) is 16.7. The number of hydrogen-bond donors (Lipinski definition) is 25. The number of carboxylic acids is 1. The van der Waals surface area contributed by atoms with Gasteiger partial charge in [-0.2, -0.15) is 0 Å². The third kappa shape index (κ3) is 16.6. The van der Waals surface area contributed by atoms with Crippen molar-refractivity contribution < 1.29 is 193 Å². The van der Waals surface area contributed by atoms with Gasteiger partial charge < -0.3 is 190 Å². The minimum absolute atomic E-state index is 0.843. The van der Waals surface area contributed by atoms with Crippen LogP contribution >= 0.6 is 0 Å². The predicted molar refractivity (Wildman–Crippen MR) is 284 cm³/mol. The van der Waals surface area contributed by atoms with Gasteiger partial charge in [0.15, 0.2) is 37.7 Å². The minimum atomic E-state index is -3.23. The fourth-order valence-corrected chi connectivity index (χ4v) is 11.9. The van der Waals surface area contributed by atoms with Gasteiger partial charge in [-0.05, 0) is 0 Å². The van der Waals surface area contributed by atoms with Crippen LogP contribution in [0, 0.1) is 0 Å². The van der Waals surface area contributed by atoms with Crippen LogP contribution in [0.3, 0.4) is 0 Å². The third-order valence-electron chi connectivity index (χ3n) is 16.7. The Labute approximate surface area is 525 Å². The van der Waals surface area contributed by atoms with Gasteiger partial charge in [0.2, 0.25) is 17.7 Å². The van der Waals surface area contributed by atoms with Crippen LogP contribution in [0.4, 0.5) is 0 Å². The molecule has 0 bridgehead atoms. The van der Waals surface area contributed by atoms with Crippen molar-refractivity contribution in [1.29, 1.82) is 0 Å². The summed E-state index contributed by atoms with van der Waals surface area (Å²) in [5, 5.41) is 246. The first-order chi connectivity index (χ1) is 43.8. The second kappa shape index (κ2) is 32.9. The van der Waals surface area contributed by atoms with Crippen LogP contribution in [-0.2, 0) is 80.8 Å². The molecule has 0 saturated carbocycles. The maximum atomic E-state index is 13.1. The maximum absolute atomic E-state index is 13.1. The molecule has 7 heterocycles. The van der Waals surface area contributed by atoms with Crippen LogP contribution in [0.15, 0.2) is 0 Å². The Morgan fingerprint density at radius 1 is 0.419 bits per heavy atom. The Morgan fingerprint density at radius 3 is 1.12 bits per heavy atom. The predicted octanol–water partition coefficient (Wildman–Crippen LogP) is -16.6. The molecule has 36 atom stereocenters. The van der Waals surface area contributed by atoms with Crippen LogP contribution in [-0.4, -0.2) is 403 Å². The summed E-state index contributed by atoms with van der Waals surface area (Å²) in [4.78, 5) is 50.7. The number of aliphatic hydroxyl groups excluding tert-OH is 21. The molecule has 538 valence electrons. The van der Waals surface area contributed by atoms with Crippen molar-refractivity contribution in [2.24, 2.45) is 0 Å². The van der Waals surface area contributed by atoms with E-state index in [1.807, 2.05) is 0 Å². The molecule has 7 saturated heterocycles. The Balaban J connectivity index is 1.10. The molecule has 0 aromatic carbocycles. The van der Waals surface area contributed by atoms with E-state index in [0.29, 0.717) is 0 Å². The number of nitrogens with one attached hydrogen (secondary N) is 3. The lowest BCUT2D eigenvalue weighted by atomic mass is 9.88. The van der Waals surface area contributed by atoms with Gasteiger partial charge in [0.25, 0.3) is 5.79 Å². The molecule has 0 aromatic heterocycles. The van der Waals surface area contributed by atoms with Crippen molar-refractivity contribution in [3.8, 4) is 0 Å². The quantitative estimate of drug-likeness (QED) is 0.0404. The van der Waals surface area contributed by atoms with E-state index >= 15 is 0 Å². The monoisotopic (exact) mass is 1360 g/mol. The summed E-state index contributed by atoms with van der Waals surface area (Å²) in [6.45, 7) is -4.82. The van der Waals surface area contributed by atoms with Crippen molar-refractivity contribution in [3.05, 3.63) is 0 Å². The lowest BCUT2D eigenvalue weighted by Crippen LogP contribution is -2.71. The summed E-state index contributed by atoms with van der Waals surface area (Å²) >= 11 is 0. The van der Waals surface area contributed by atoms with Crippen molar-refractivity contribution in [2.45, 2.75) is 248 Å². The molecular weight excluding hydrogens is 1280 g/mol. The van der Waals surface area contributed by atoms with Gasteiger partial charge in [-0.1, -0.05) is 0 Å². The number of ether oxygens (including phenoxy) is 13. The second-order valence-corrected chi connectivity index (χ2v) is 23.2. The molecule has 42 nitrogen and oxygen atoms in total. The van der Waals surface area contributed by atoms with E-state index in [-0.39, 0.29) is 0 Å².